The number of hydrogen-bond acceptors (Lipinski definition) is 1. The van der Waals surface area contributed by atoms with Gasteiger partial charge in [0.25, 0.3) is 0 Å². The number of halogens is 2. The molecule has 1 heterocycles. The van der Waals surface area contributed by atoms with Crippen LogP contribution in [0.15, 0.2) is 42.5 Å². The lowest BCUT2D eigenvalue weighted by molar-refractivity contribution is 0.182. The lowest BCUT2D eigenvalue weighted by Crippen LogP contribution is -2.29. The fourth-order valence-electron chi connectivity index (χ4n) is 4.34. The van der Waals surface area contributed by atoms with E-state index in [2.05, 4.69) is 20.8 Å². The highest BCUT2D eigenvalue weighted by Crippen LogP contribution is 2.44. The van der Waals surface area contributed by atoms with Crippen LogP contribution in [0.4, 0.5) is 4.39 Å². The second kappa shape index (κ2) is 6.91. The Balaban J connectivity index is 2.00. The molecule has 0 saturated heterocycles. The second-order valence-corrected chi connectivity index (χ2v) is 8.77. The van der Waals surface area contributed by atoms with Gasteiger partial charge in [-0.25, -0.2) is 4.39 Å². The van der Waals surface area contributed by atoms with Crippen molar-refractivity contribution in [2.45, 2.75) is 46.5 Å². The van der Waals surface area contributed by atoms with Crippen molar-refractivity contribution >= 4 is 22.5 Å². The number of aryl methyl sites for hydroxylation is 1. The molecule has 3 heteroatoms. The van der Waals surface area contributed by atoms with E-state index in [1.165, 1.54) is 11.6 Å². The van der Waals surface area contributed by atoms with E-state index in [9.17, 15) is 4.39 Å². The van der Waals surface area contributed by atoms with Crippen LogP contribution in [0, 0.1) is 17.2 Å². The van der Waals surface area contributed by atoms with Gasteiger partial charge in [-0.2, -0.15) is 0 Å². The van der Waals surface area contributed by atoms with Crippen LogP contribution in [0.1, 0.15) is 44.9 Å². The molecule has 1 aliphatic rings. The maximum absolute atomic E-state index is 14.8. The minimum Gasteiger partial charge on any atom is -0.253 e. The number of fused-ring (bicyclic) bond motifs is 2. The molecule has 3 aromatic rings. The van der Waals surface area contributed by atoms with Gasteiger partial charge in [0.15, 0.2) is 0 Å². The van der Waals surface area contributed by atoms with E-state index < -0.39 is 0 Å². The highest BCUT2D eigenvalue weighted by Gasteiger charge is 2.33. The molecule has 140 valence electrons. The Kier molecular flexibility index (Phi) is 4.71. The van der Waals surface area contributed by atoms with Gasteiger partial charge in [-0.15, -0.1) is 0 Å². The molecule has 2 aromatic carbocycles. The lowest BCUT2D eigenvalue weighted by Gasteiger charge is -2.38. The van der Waals surface area contributed by atoms with Crippen LogP contribution >= 0.6 is 11.6 Å². The van der Waals surface area contributed by atoms with Crippen molar-refractivity contribution in [1.82, 2.24) is 4.98 Å². The van der Waals surface area contributed by atoms with Crippen LogP contribution in [0.25, 0.3) is 22.0 Å². The van der Waals surface area contributed by atoms with E-state index in [-0.39, 0.29) is 11.2 Å². The van der Waals surface area contributed by atoms with Gasteiger partial charge < -0.3 is 0 Å². The van der Waals surface area contributed by atoms with Crippen molar-refractivity contribution in [3.05, 3.63) is 64.6 Å². The Morgan fingerprint density at radius 1 is 1.19 bits per heavy atom. The summed E-state index contributed by atoms with van der Waals surface area (Å²) in [6.07, 6.45) is 4.16. The molecule has 1 aliphatic carbocycles. The standard InChI is InChI=1S/C24H25ClFN/c1-4-24(2,3)15-9-11-21-18(13-15)23(17-7-5-6-8-20(17)26)19-14-16(25)10-12-22(19)27-21/h5-8,10,12,14-15H,4,9,11,13H2,1-3H3/t15-/m0/s1. The fourth-order valence-corrected chi connectivity index (χ4v) is 4.51. The SMILES string of the molecule is CCC(C)(C)[C@H]1CCc2nc3ccc(Cl)cc3c(-c3ccccc3F)c2C1. The first-order valence-corrected chi connectivity index (χ1v) is 10.1. The molecular formula is C24H25ClFN. The second-order valence-electron chi connectivity index (χ2n) is 8.34. The third-order valence-electron chi connectivity index (χ3n) is 6.47. The smallest absolute Gasteiger partial charge is 0.131 e. The van der Waals surface area contributed by atoms with Crippen LogP contribution in [-0.4, -0.2) is 4.98 Å². The zero-order valence-electron chi connectivity index (χ0n) is 16.2. The molecular weight excluding hydrogens is 357 g/mol. The summed E-state index contributed by atoms with van der Waals surface area (Å²) in [6.45, 7) is 6.94. The Bertz CT molecular complexity index is 1010. The highest BCUT2D eigenvalue weighted by atomic mass is 35.5. The van der Waals surface area contributed by atoms with Crippen molar-refractivity contribution in [3.8, 4) is 11.1 Å². The molecule has 0 fully saturated rings. The van der Waals surface area contributed by atoms with E-state index >= 15 is 0 Å². The van der Waals surface area contributed by atoms with Crippen LogP contribution in [0.2, 0.25) is 5.02 Å². The molecule has 1 atom stereocenters. The summed E-state index contributed by atoms with van der Waals surface area (Å²) in [6, 6.07) is 12.8. The van der Waals surface area contributed by atoms with Crippen molar-refractivity contribution < 1.29 is 4.39 Å². The van der Waals surface area contributed by atoms with Gasteiger partial charge in [0.1, 0.15) is 5.82 Å². The van der Waals surface area contributed by atoms with E-state index in [1.807, 2.05) is 30.3 Å². The zero-order chi connectivity index (χ0) is 19.2. The minimum atomic E-state index is -0.191. The third-order valence-corrected chi connectivity index (χ3v) is 6.71. The predicted octanol–water partition coefficient (Wildman–Crippen LogP) is 7.24. The molecule has 0 amide bonds. The van der Waals surface area contributed by atoms with Crippen LogP contribution in [0.3, 0.4) is 0 Å². The normalized spacial score (nSPS) is 17.1. The number of aromatic nitrogens is 1. The minimum absolute atomic E-state index is 0.191. The first kappa shape index (κ1) is 18.4. The lowest BCUT2D eigenvalue weighted by atomic mass is 9.68. The monoisotopic (exact) mass is 381 g/mol. The van der Waals surface area contributed by atoms with Gasteiger partial charge in [-0.1, -0.05) is 57.0 Å². The molecule has 0 N–H and O–H groups in total. The molecule has 1 nitrogen and oxygen atoms in total. The summed E-state index contributed by atoms with van der Waals surface area (Å²) in [7, 11) is 0. The van der Waals surface area contributed by atoms with E-state index in [0.29, 0.717) is 16.5 Å². The number of rotatable bonds is 3. The van der Waals surface area contributed by atoms with Gasteiger partial charge in [0.2, 0.25) is 0 Å². The first-order chi connectivity index (χ1) is 12.9. The summed E-state index contributed by atoms with van der Waals surface area (Å²) < 4.78 is 14.8. The van der Waals surface area contributed by atoms with Crippen LogP contribution < -0.4 is 0 Å². The quantitative estimate of drug-likeness (QED) is 0.466. The molecule has 0 bridgehead atoms. The summed E-state index contributed by atoms with van der Waals surface area (Å²) in [5.41, 5.74) is 5.10. The molecule has 0 saturated carbocycles. The Morgan fingerprint density at radius 3 is 2.70 bits per heavy atom. The van der Waals surface area contributed by atoms with Crippen molar-refractivity contribution in [3.63, 3.8) is 0 Å². The van der Waals surface area contributed by atoms with Gasteiger partial charge >= 0.3 is 0 Å². The molecule has 4 rings (SSSR count). The Labute approximate surface area is 165 Å². The van der Waals surface area contributed by atoms with Gasteiger partial charge in [0.05, 0.1) is 5.52 Å². The van der Waals surface area contributed by atoms with Gasteiger partial charge in [0, 0.05) is 21.7 Å². The maximum Gasteiger partial charge on any atom is 0.131 e. The topological polar surface area (TPSA) is 12.9 Å². The van der Waals surface area contributed by atoms with Crippen molar-refractivity contribution in [1.29, 1.82) is 0 Å². The van der Waals surface area contributed by atoms with Crippen LogP contribution in [-0.2, 0) is 12.8 Å². The van der Waals surface area contributed by atoms with Gasteiger partial charge in [-0.3, -0.25) is 4.98 Å². The summed E-state index contributed by atoms with van der Waals surface area (Å²) in [5.74, 6) is 0.378. The number of nitrogens with zero attached hydrogens (tertiary/aromatic N) is 1. The van der Waals surface area contributed by atoms with Crippen LogP contribution in [0.5, 0.6) is 0 Å². The van der Waals surface area contributed by atoms with Crippen molar-refractivity contribution in [2.24, 2.45) is 11.3 Å². The Morgan fingerprint density at radius 2 is 1.96 bits per heavy atom. The number of benzene rings is 2. The van der Waals surface area contributed by atoms with E-state index in [4.69, 9.17) is 16.6 Å². The average Bonchev–Trinajstić information content (AvgIpc) is 2.66. The number of hydrogen-bond donors (Lipinski definition) is 0. The molecule has 0 aliphatic heterocycles. The van der Waals surface area contributed by atoms with E-state index in [0.717, 1.165) is 47.8 Å². The Hall–Kier alpha value is -1.93. The first-order valence-electron chi connectivity index (χ1n) is 9.76. The molecule has 27 heavy (non-hydrogen) atoms. The summed E-state index contributed by atoms with van der Waals surface area (Å²) in [5, 5.41) is 1.60. The molecule has 1 aromatic heterocycles. The van der Waals surface area contributed by atoms with E-state index in [1.54, 1.807) is 6.07 Å². The molecule has 0 spiro atoms. The zero-order valence-corrected chi connectivity index (χ0v) is 16.9. The highest BCUT2D eigenvalue weighted by molar-refractivity contribution is 6.31. The predicted molar refractivity (Wildman–Crippen MR) is 112 cm³/mol. The molecule has 0 unspecified atom stereocenters. The van der Waals surface area contributed by atoms with Crippen molar-refractivity contribution in [2.75, 3.05) is 0 Å². The summed E-state index contributed by atoms with van der Waals surface area (Å²) in [4.78, 5) is 4.93. The largest absolute Gasteiger partial charge is 0.253 e. The number of pyridine rings is 1. The fraction of sp³-hybridized carbons (Fsp3) is 0.375. The third kappa shape index (κ3) is 3.25. The average molecular weight is 382 g/mol. The van der Waals surface area contributed by atoms with Gasteiger partial charge in [-0.05, 0) is 66.0 Å². The maximum atomic E-state index is 14.8. The molecule has 0 radical (unpaired) electrons. The summed E-state index contributed by atoms with van der Waals surface area (Å²) >= 11 is 6.30.